The molecular formula is C23H21N3O3S. The Hall–Kier alpha value is -3.29. The molecule has 0 fully saturated rings. The first-order valence-corrected chi connectivity index (χ1v) is 10.2. The molecule has 0 bridgehead atoms. The summed E-state index contributed by atoms with van der Waals surface area (Å²) >= 11 is 1.64. The molecule has 3 aromatic carbocycles. The number of hydrogen-bond acceptors (Lipinski definition) is 6. The van der Waals surface area contributed by atoms with Crippen molar-refractivity contribution >= 4 is 11.8 Å². The molecule has 1 aromatic heterocycles. The molecule has 0 saturated carbocycles. The molecule has 0 unspecified atom stereocenters. The lowest BCUT2D eigenvalue weighted by Gasteiger charge is -2.09. The van der Waals surface area contributed by atoms with E-state index in [4.69, 9.17) is 9.47 Å². The average molecular weight is 420 g/mol. The summed E-state index contributed by atoms with van der Waals surface area (Å²) in [4.78, 5) is 2.15. The zero-order chi connectivity index (χ0) is 20.9. The standard InChI is InChI=1S/C23H21N3O3S/c1-28-17-9-12-22(29-2)21(13-17)26-14-20(24-25-26)19-5-3-4-6-23(19)30-18-10-7-16(15-27)8-11-18/h3-14,27H,15H2,1-2H3. The molecule has 4 rings (SSSR count). The summed E-state index contributed by atoms with van der Waals surface area (Å²) in [7, 11) is 3.25. The molecule has 1 N–H and O–H groups in total. The van der Waals surface area contributed by atoms with E-state index in [9.17, 15) is 5.11 Å². The number of ether oxygens (including phenoxy) is 2. The first-order valence-electron chi connectivity index (χ1n) is 9.33. The zero-order valence-corrected chi connectivity index (χ0v) is 17.5. The number of nitrogens with zero attached hydrogens (tertiary/aromatic N) is 3. The van der Waals surface area contributed by atoms with E-state index in [0.29, 0.717) is 11.5 Å². The quantitative estimate of drug-likeness (QED) is 0.472. The van der Waals surface area contributed by atoms with Crippen LogP contribution in [0.4, 0.5) is 0 Å². The van der Waals surface area contributed by atoms with Crippen LogP contribution in [0.3, 0.4) is 0 Å². The third-order valence-electron chi connectivity index (χ3n) is 4.62. The Morgan fingerprint density at radius 3 is 2.50 bits per heavy atom. The van der Waals surface area contributed by atoms with E-state index in [1.54, 1.807) is 30.7 Å². The highest BCUT2D eigenvalue weighted by atomic mass is 32.2. The summed E-state index contributed by atoms with van der Waals surface area (Å²) in [6.07, 6.45) is 1.88. The van der Waals surface area contributed by atoms with E-state index in [1.807, 2.05) is 66.9 Å². The Kier molecular flexibility index (Phi) is 6.02. The van der Waals surface area contributed by atoms with Gasteiger partial charge < -0.3 is 14.6 Å². The molecular weight excluding hydrogens is 398 g/mol. The molecule has 152 valence electrons. The van der Waals surface area contributed by atoms with Crippen molar-refractivity contribution < 1.29 is 14.6 Å². The second kappa shape index (κ2) is 9.02. The lowest BCUT2D eigenvalue weighted by molar-refractivity contribution is 0.282. The van der Waals surface area contributed by atoms with Crippen molar-refractivity contribution in [1.82, 2.24) is 15.0 Å². The maximum absolute atomic E-state index is 9.24. The van der Waals surface area contributed by atoms with E-state index in [0.717, 1.165) is 32.3 Å². The Bertz CT molecular complexity index is 1140. The van der Waals surface area contributed by atoms with Gasteiger partial charge in [0.25, 0.3) is 0 Å². The smallest absolute Gasteiger partial charge is 0.144 e. The van der Waals surface area contributed by atoms with Gasteiger partial charge in [-0.3, -0.25) is 0 Å². The molecule has 0 aliphatic rings. The van der Waals surface area contributed by atoms with Crippen LogP contribution < -0.4 is 9.47 Å². The molecule has 0 aliphatic heterocycles. The molecule has 0 spiro atoms. The van der Waals surface area contributed by atoms with Crippen molar-refractivity contribution in [3.05, 3.63) is 78.5 Å². The highest BCUT2D eigenvalue weighted by molar-refractivity contribution is 7.99. The number of rotatable bonds is 7. The zero-order valence-electron chi connectivity index (χ0n) is 16.6. The predicted molar refractivity (Wildman–Crippen MR) is 116 cm³/mol. The van der Waals surface area contributed by atoms with Crippen LogP contribution in [0, 0.1) is 0 Å². The summed E-state index contributed by atoms with van der Waals surface area (Å²) in [5.74, 6) is 1.39. The van der Waals surface area contributed by atoms with Gasteiger partial charge in [0.1, 0.15) is 22.9 Å². The van der Waals surface area contributed by atoms with Gasteiger partial charge in [0, 0.05) is 21.4 Å². The van der Waals surface area contributed by atoms with Crippen LogP contribution in [0.15, 0.2) is 82.7 Å². The number of aliphatic hydroxyl groups excluding tert-OH is 1. The van der Waals surface area contributed by atoms with E-state index in [2.05, 4.69) is 16.4 Å². The molecule has 1 heterocycles. The molecule has 7 heteroatoms. The SMILES string of the molecule is COc1ccc(OC)c(-n2cc(-c3ccccc3Sc3ccc(CO)cc3)nn2)c1. The van der Waals surface area contributed by atoms with Gasteiger partial charge in [-0.05, 0) is 35.9 Å². The van der Waals surface area contributed by atoms with Crippen LogP contribution in [0.1, 0.15) is 5.56 Å². The molecule has 0 aliphatic carbocycles. The number of hydrogen-bond donors (Lipinski definition) is 1. The van der Waals surface area contributed by atoms with Crippen LogP contribution >= 0.6 is 11.8 Å². The van der Waals surface area contributed by atoms with Crippen LogP contribution in [0.25, 0.3) is 16.9 Å². The normalized spacial score (nSPS) is 10.8. The van der Waals surface area contributed by atoms with E-state index in [1.165, 1.54) is 0 Å². The summed E-state index contributed by atoms with van der Waals surface area (Å²) in [6.45, 7) is 0.0401. The van der Waals surface area contributed by atoms with Gasteiger partial charge in [-0.2, -0.15) is 0 Å². The second-order valence-electron chi connectivity index (χ2n) is 6.49. The summed E-state index contributed by atoms with van der Waals surface area (Å²) < 4.78 is 12.5. The van der Waals surface area contributed by atoms with Gasteiger partial charge in [-0.25, -0.2) is 4.68 Å². The third kappa shape index (κ3) is 4.17. The molecule has 0 saturated heterocycles. The minimum Gasteiger partial charge on any atom is -0.497 e. The van der Waals surface area contributed by atoms with Gasteiger partial charge in [-0.15, -0.1) is 5.10 Å². The predicted octanol–water partition coefficient (Wildman–Crippen LogP) is 4.60. The molecule has 0 amide bonds. The van der Waals surface area contributed by atoms with Crippen LogP contribution in [-0.2, 0) is 6.61 Å². The maximum Gasteiger partial charge on any atom is 0.144 e. The number of benzene rings is 3. The van der Waals surface area contributed by atoms with E-state index >= 15 is 0 Å². The van der Waals surface area contributed by atoms with Crippen molar-refractivity contribution in [2.24, 2.45) is 0 Å². The lowest BCUT2D eigenvalue weighted by atomic mass is 10.2. The first-order chi connectivity index (χ1) is 14.7. The summed E-state index contributed by atoms with van der Waals surface area (Å²) in [5, 5.41) is 17.9. The fourth-order valence-corrected chi connectivity index (χ4v) is 3.99. The van der Waals surface area contributed by atoms with Gasteiger partial charge in [0.15, 0.2) is 0 Å². The Morgan fingerprint density at radius 2 is 1.77 bits per heavy atom. The maximum atomic E-state index is 9.24. The van der Waals surface area contributed by atoms with Crippen molar-refractivity contribution in [2.45, 2.75) is 16.4 Å². The van der Waals surface area contributed by atoms with Crippen LogP contribution in [0.5, 0.6) is 11.5 Å². The minimum atomic E-state index is 0.0401. The van der Waals surface area contributed by atoms with E-state index in [-0.39, 0.29) is 6.61 Å². The van der Waals surface area contributed by atoms with Crippen molar-refractivity contribution in [1.29, 1.82) is 0 Å². The first kappa shape index (κ1) is 20.0. The molecule has 6 nitrogen and oxygen atoms in total. The van der Waals surface area contributed by atoms with Crippen molar-refractivity contribution in [3.8, 4) is 28.4 Å². The van der Waals surface area contributed by atoms with Gasteiger partial charge in [0.05, 0.1) is 27.0 Å². The largest absolute Gasteiger partial charge is 0.497 e. The molecule has 30 heavy (non-hydrogen) atoms. The summed E-state index contributed by atoms with van der Waals surface area (Å²) in [6, 6.07) is 21.5. The number of methoxy groups -OCH3 is 2. The third-order valence-corrected chi connectivity index (χ3v) is 5.71. The van der Waals surface area contributed by atoms with E-state index < -0.39 is 0 Å². The van der Waals surface area contributed by atoms with Crippen LogP contribution in [0.2, 0.25) is 0 Å². The fraction of sp³-hybridized carbons (Fsp3) is 0.130. The lowest BCUT2D eigenvalue weighted by Crippen LogP contribution is -1.99. The highest BCUT2D eigenvalue weighted by Crippen LogP contribution is 2.36. The number of aliphatic hydroxyl groups is 1. The van der Waals surface area contributed by atoms with Gasteiger partial charge in [0.2, 0.25) is 0 Å². The minimum absolute atomic E-state index is 0.0401. The Labute approximate surface area is 179 Å². The summed E-state index contributed by atoms with van der Waals surface area (Å²) in [5.41, 5.74) is 3.39. The molecule has 0 atom stereocenters. The second-order valence-corrected chi connectivity index (χ2v) is 7.60. The Balaban J connectivity index is 1.67. The van der Waals surface area contributed by atoms with Crippen molar-refractivity contribution in [2.75, 3.05) is 14.2 Å². The van der Waals surface area contributed by atoms with Crippen molar-refractivity contribution in [3.63, 3.8) is 0 Å². The average Bonchev–Trinajstić information content (AvgIpc) is 3.29. The van der Waals surface area contributed by atoms with Gasteiger partial charge in [-0.1, -0.05) is 47.3 Å². The van der Waals surface area contributed by atoms with Gasteiger partial charge >= 0.3 is 0 Å². The monoisotopic (exact) mass is 419 g/mol. The molecule has 4 aromatic rings. The Morgan fingerprint density at radius 1 is 0.967 bits per heavy atom. The topological polar surface area (TPSA) is 69.4 Å². The molecule has 0 radical (unpaired) electrons. The number of aromatic nitrogens is 3. The fourth-order valence-electron chi connectivity index (χ4n) is 3.04. The highest BCUT2D eigenvalue weighted by Gasteiger charge is 2.14. The van der Waals surface area contributed by atoms with Crippen LogP contribution in [-0.4, -0.2) is 34.3 Å².